The maximum absolute atomic E-state index is 13.2. The van der Waals surface area contributed by atoms with Crippen molar-refractivity contribution in [3.8, 4) is 6.07 Å². The quantitative estimate of drug-likeness (QED) is 0.447. The van der Waals surface area contributed by atoms with Gasteiger partial charge >= 0.3 is 0 Å². The van der Waals surface area contributed by atoms with Gasteiger partial charge in [0.1, 0.15) is 17.4 Å². The van der Waals surface area contributed by atoms with E-state index in [4.69, 9.17) is 16.6 Å². The highest BCUT2D eigenvalue weighted by Gasteiger charge is 2.17. The lowest BCUT2D eigenvalue weighted by molar-refractivity contribution is 0.0997. The molecule has 4 rings (SSSR count). The standard InChI is InChI=1S/C24H20ClN5O2/c1-14(2)13-30-21(28-23(31)16-6-8-18(25)9-7-16)17(12-26)11-19-22(30)27-20-15(3)5-4-10-29(20)24(19)32/h4-11,14H,13H2,1-3H3. The van der Waals surface area contributed by atoms with E-state index in [0.717, 1.165) is 5.56 Å². The number of amides is 1. The number of halogens is 1. The second kappa shape index (κ2) is 8.40. The average molecular weight is 446 g/mol. The summed E-state index contributed by atoms with van der Waals surface area (Å²) in [4.78, 5) is 35.1. The second-order valence-corrected chi connectivity index (χ2v) is 8.40. The van der Waals surface area contributed by atoms with Gasteiger partial charge in [-0.05, 0) is 54.8 Å². The van der Waals surface area contributed by atoms with Crippen molar-refractivity contribution in [3.63, 3.8) is 0 Å². The molecule has 4 aromatic rings. The van der Waals surface area contributed by atoms with E-state index in [-0.39, 0.29) is 22.5 Å². The molecule has 1 aromatic carbocycles. The third kappa shape index (κ3) is 3.81. The summed E-state index contributed by atoms with van der Waals surface area (Å²) in [5, 5.41) is 10.6. The molecule has 3 aromatic heterocycles. The Kier molecular flexibility index (Phi) is 5.64. The first kappa shape index (κ1) is 21.5. The number of nitriles is 1. The van der Waals surface area contributed by atoms with Crippen molar-refractivity contribution in [3.05, 3.63) is 86.2 Å². The van der Waals surface area contributed by atoms with Gasteiger partial charge < -0.3 is 4.57 Å². The van der Waals surface area contributed by atoms with E-state index in [2.05, 4.69) is 11.1 Å². The van der Waals surface area contributed by atoms with Crippen molar-refractivity contribution in [2.45, 2.75) is 27.3 Å². The van der Waals surface area contributed by atoms with Gasteiger partial charge in [-0.25, -0.2) is 4.98 Å². The molecule has 1 amide bonds. The zero-order valence-corrected chi connectivity index (χ0v) is 18.6. The molecular weight excluding hydrogens is 426 g/mol. The summed E-state index contributed by atoms with van der Waals surface area (Å²) in [6.07, 6.45) is 1.65. The molecule has 0 fully saturated rings. The van der Waals surface area contributed by atoms with E-state index < -0.39 is 5.91 Å². The van der Waals surface area contributed by atoms with Crippen LogP contribution in [0.15, 0.2) is 58.4 Å². The largest absolute Gasteiger partial charge is 0.309 e. The zero-order valence-electron chi connectivity index (χ0n) is 17.8. The molecule has 0 N–H and O–H groups in total. The van der Waals surface area contributed by atoms with Crippen molar-refractivity contribution in [1.82, 2.24) is 14.0 Å². The minimum atomic E-state index is -0.510. The van der Waals surface area contributed by atoms with Gasteiger partial charge in [0.05, 0.1) is 10.9 Å². The predicted molar refractivity (Wildman–Crippen MR) is 123 cm³/mol. The highest BCUT2D eigenvalue weighted by Crippen LogP contribution is 2.15. The number of aryl methyl sites for hydroxylation is 1. The van der Waals surface area contributed by atoms with Gasteiger partial charge in [-0.2, -0.15) is 10.3 Å². The van der Waals surface area contributed by atoms with Gasteiger partial charge in [0.25, 0.3) is 11.5 Å². The number of hydrogen-bond donors (Lipinski definition) is 0. The lowest BCUT2D eigenvalue weighted by Gasteiger charge is -2.15. The third-order valence-corrected chi connectivity index (χ3v) is 5.32. The fourth-order valence-corrected chi connectivity index (χ4v) is 3.71. The fraction of sp³-hybridized carbons (Fsp3) is 0.208. The molecule has 160 valence electrons. The van der Waals surface area contributed by atoms with Crippen molar-refractivity contribution in [2.24, 2.45) is 10.9 Å². The first-order valence-electron chi connectivity index (χ1n) is 10.1. The topological polar surface area (TPSA) is 92.5 Å². The molecule has 0 aliphatic carbocycles. The Balaban J connectivity index is 2.12. The smallest absolute Gasteiger partial charge is 0.278 e. The molecule has 0 bridgehead atoms. The molecule has 32 heavy (non-hydrogen) atoms. The van der Waals surface area contributed by atoms with E-state index in [1.807, 2.05) is 26.8 Å². The average Bonchev–Trinajstić information content (AvgIpc) is 2.76. The van der Waals surface area contributed by atoms with Gasteiger partial charge in [-0.15, -0.1) is 0 Å². The van der Waals surface area contributed by atoms with Gasteiger partial charge in [-0.3, -0.25) is 14.0 Å². The Morgan fingerprint density at radius 2 is 1.94 bits per heavy atom. The lowest BCUT2D eigenvalue weighted by Crippen LogP contribution is -2.31. The van der Waals surface area contributed by atoms with Gasteiger partial charge in [-0.1, -0.05) is 31.5 Å². The molecule has 0 atom stereocenters. The maximum Gasteiger partial charge on any atom is 0.278 e. The van der Waals surface area contributed by atoms with Gasteiger partial charge in [0.15, 0.2) is 5.49 Å². The first-order chi connectivity index (χ1) is 15.3. The Morgan fingerprint density at radius 1 is 1.22 bits per heavy atom. The highest BCUT2D eigenvalue weighted by atomic mass is 35.5. The van der Waals surface area contributed by atoms with Gasteiger partial charge in [0, 0.05) is 23.3 Å². The van der Waals surface area contributed by atoms with Crippen molar-refractivity contribution in [2.75, 3.05) is 0 Å². The summed E-state index contributed by atoms with van der Waals surface area (Å²) >= 11 is 5.92. The molecule has 7 nitrogen and oxygen atoms in total. The summed E-state index contributed by atoms with van der Waals surface area (Å²) in [7, 11) is 0. The molecule has 0 radical (unpaired) electrons. The minimum absolute atomic E-state index is 0.131. The number of carbonyl (C=O) groups excluding carboxylic acids is 1. The SMILES string of the molecule is Cc1cccn2c(=O)c3cc(C#N)c(=NC(=O)c4ccc(Cl)cc4)n(CC(C)C)c3nc12. The highest BCUT2D eigenvalue weighted by molar-refractivity contribution is 6.30. The van der Waals surface area contributed by atoms with Crippen LogP contribution in [0, 0.1) is 24.2 Å². The molecule has 0 saturated carbocycles. The number of hydrogen-bond acceptors (Lipinski definition) is 4. The zero-order chi connectivity index (χ0) is 23.0. The monoisotopic (exact) mass is 445 g/mol. The van der Waals surface area contributed by atoms with E-state index >= 15 is 0 Å². The maximum atomic E-state index is 13.2. The molecule has 0 spiro atoms. The molecule has 0 saturated heterocycles. The van der Waals surface area contributed by atoms with Crippen LogP contribution in [0.4, 0.5) is 0 Å². The van der Waals surface area contributed by atoms with Crippen molar-refractivity contribution in [1.29, 1.82) is 5.26 Å². The van der Waals surface area contributed by atoms with E-state index in [9.17, 15) is 14.9 Å². The van der Waals surface area contributed by atoms with Crippen LogP contribution in [-0.2, 0) is 6.54 Å². The normalized spacial score (nSPS) is 11.9. The molecule has 0 aliphatic heterocycles. The summed E-state index contributed by atoms with van der Waals surface area (Å²) < 4.78 is 3.16. The number of aromatic nitrogens is 3. The minimum Gasteiger partial charge on any atom is -0.309 e. The van der Waals surface area contributed by atoms with Crippen LogP contribution in [-0.4, -0.2) is 19.9 Å². The molecule has 0 aliphatic rings. The van der Waals surface area contributed by atoms with Crippen LogP contribution >= 0.6 is 11.6 Å². The summed E-state index contributed by atoms with van der Waals surface area (Å²) in [5.74, 6) is -0.363. The van der Waals surface area contributed by atoms with E-state index in [0.29, 0.717) is 33.8 Å². The first-order valence-corrected chi connectivity index (χ1v) is 10.5. The molecule has 0 unspecified atom stereocenters. The molecule has 8 heteroatoms. The Hall–Kier alpha value is -3.76. The number of pyridine rings is 2. The Bertz CT molecular complexity index is 1540. The Labute approximate surface area is 188 Å². The summed E-state index contributed by atoms with van der Waals surface area (Å²) in [5.41, 5.74) is 2.12. The number of fused-ring (bicyclic) bond motifs is 2. The van der Waals surface area contributed by atoms with Crippen LogP contribution in [0.25, 0.3) is 16.7 Å². The van der Waals surface area contributed by atoms with Crippen LogP contribution in [0.3, 0.4) is 0 Å². The van der Waals surface area contributed by atoms with Crippen LogP contribution in [0.5, 0.6) is 0 Å². The van der Waals surface area contributed by atoms with Crippen LogP contribution < -0.4 is 11.0 Å². The summed E-state index contributed by atoms with van der Waals surface area (Å²) in [6.45, 7) is 6.30. The third-order valence-electron chi connectivity index (χ3n) is 5.07. The Morgan fingerprint density at radius 3 is 2.59 bits per heavy atom. The van der Waals surface area contributed by atoms with Crippen LogP contribution in [0.1, 0.15) is 35.3 Å². The molecular formula is C24H20ClN5O2. The van der Waals surface area contributed by atoms with Gasteiger partial charge in [0.2, 0.25) is 0 Å². The van der Waals surface area contributed by atoms with Crippen LogP contribution in [0.2, 0.25) is 5.02 Å². The lowest BCUT2D eigenvalue weighted by atomic mass is 10.1. The molecule has 3 heterocycles. The van der Waals surface area contributed by atoms with E-state index in [1.54, 1.807) is 41.1 Å². The predicted octanol–water partition coefficient (Wildman–Crippen LogP) is 3.88. The number of benzene rings is 1. The second-order valence-electron chi connectivity index (χ2n) is 7.96. The number of carbonyl (C=O) groups is 1. The number of rotatable bonds is 3. The fourth-order valence-electron chi connectivity index (χ4n) is 3.58. The van der Waals surface area contributed by atoms with Crippen molar-refractivity contribution < 1.29 is 4.79 Å². The van der Waals surface area contributed by atoms with E-state index in [1.165, 1.54) is 10.5 Å². The number of nitrogens with zero attached hydrogens (tertiary/aromatic N) is 5. The van der Waals surface area contributed by atoms with Crippen molar-refractivity contribution >= 4 is 34.2 Å². The summed E-state index contributed by atoms with van der Waals surface area (Å²) in [6, 6.07) is 13.6.